The zero-order valence-electron chi connectivity index (χ0n) is 20.6. The fourth-order valence-corrected chi connectivity index (χ4v) is 4.93. The standard InChI is InChI=1S/C29H27FN6/c1-16-8-9-21(18-6-5-7-20(30)12-18)22-14-25(33-27(16)22)29-28-24(34-35-29)11-10-23(32-28)19-13-26(36(3)4)17(2)31-15-19/h5-15,17,31,33H,1-4H3,(H,34,35). The summed E-state index contributed by atoms with van der Waals surface area (Å²) in [4.78, 5) is 10.7. The van der Waals surface area contributed by atoms with Crippen LogP contribution in [0.4, 0.5) is 4.39 Å². The first kappa shape index (κ1) is 22.1. The topological polar surface area (TPSA) is 72.6 Å². The number of aromatic nitrogens is 4. The second-order valence-electron chi connectivity index (χ2n) is 9.53. The molecule has 5 aromatic rings. The largest absolute Gasteiger partial charge is 0.382 e. The van der Waals surface area contributed by atoms with E-state index in [1.54, 1.807) is 12.1 Å². The van der Waals surface area contributed by atoms with Crippen molar-refractivity contribution < 1.29 is 4.39 Å². The van der Waals surface area contributed by atoms with Crippen LogP contribution in [0.2, 0.25) is 0 Å². The van der Waals surface area contributed by atoms with Crippen molar-refractivity contribution in [2.45, 2.75) is 19.9 Å². The van der Waals surface area contributed by atoms with E-state index in [1.165, 1.54) is 11.8 Å². The Kier molecular flexibility index (Phi) is 5.14. The summed E-state index contributed by atoms with van der Waals surface area (Å²) in [5.41, 5.74) is 10.3. The lowest BCUT2D eigenvalue weighted by Crippen LogP contribution is -2.33. The molecule has 0 fully saturated rings. The Bertz CT molecular complexity index is 1690. The molecule has 180 valence electrons. The Hall–Kier alpha value is -4.39. The lowest BCUT2D eigenvalue weighted by molar-refractivity contribution is 0.451. The normalized spacial score (nSPS) is 15.6. The van der Waals surface area contributed by atoms with Gasteiger partial charge in [0.25, 0.3) is 0 Å². The molecule has 7 heteroatoms. The van der Waals surface area contributed by atoms with Crippen LogP contribution in [-0.4, -0.2) is 45.2 Å². The second-order valence-corrected chi connectivity index (χ2v) is 9.53. The maximum Gasteiger partial charge on any atom is 0.135 e. The molecule has 0 amide bonds. The van der Waals surface area contributed by atoms with Gasteiger partial charge in [0.15, 0.2) is 0 Å². The van der Waals surface area contributed by atoms with Crippen molar-refractivity contribution in [3.05, 3.63) is 89.6 Å². The summed E-state index contributed by atoms with van der Waals surface area (Å²) in [6, 6.07) is 17.1. The third-order valence-electron chi connectivity index (χ3n) is 6.85. The number of nitrogens with zero attached hydrogens (tertiary/aromatic N) is 3. The third kappa shape index (κ3) is 3.64. The number of allylic oxidation sites excluding steroid dienone is 2. The van der Waals surface area contributed by atoms with Gasteiger partial charge >= 0.3 is 0 Å². The highest BCUT2D eigenvalue weighted by atomic mass is 19.1. The zero-order chi connectivity index (χ0) is 25.0. The van der Waals surface area contributed by atoms with E-state index in [0.717, 1.165) is 61.3 Å². The van der Waals surface area contributed by atoms with E-state index < -0.39 is 0 Å². The van der Waals surface area contributed by atoms with Crippen LogP contribution in [0.5, 0.6) is 0 Å². The molecule has 0 aliphatic carbocycles. The molecule has 0 saturated heterocycles. The summed E-state index contributed by atoms with van der Waals surface area (Å²) in [6.07, 6.45) is 4.19. The number of hydrogen-bond acceptors (Lipinski definition) is 4. The number of dihydropyridines is 1. The SMILES string of the molecule is Cc1ccc(-c2cccc(F)c2)c2cc(-c3n[nH]c4ccc(C5=CNC(C)C(N(C)C)=C5)nc34)[nH]c12. The van der Waals surface area contributed by atoms with Crippen LogP contribution >= 0.6 is 0 Å². The first-order valence-corrected chi connectivity index (χ1v) is 12.0. The Morgan fingerprint density at radius 3 is 2.69 bits per heavy atom. The van der Waals surface area contributed by atoms with E-state index in [4.69, 9.17) is 4.98 Å². The lowest BCUT2D eigenvalue weighted by Gasteiger charge is -2.27. The van der Waals surface area contributed by atoms with Crippen molar-refractivity contribution in [3.63, 3.8) is 0 Å². The molecule has 0 saturated carbocycles. The summed E-state index contributed by atoms with van der Waals surface area (Å²) >= 11 is 0. The first-order chi connectivity index (χ1) is 17.4. The van der Waals surface area contributed by atoms with Crippen LogP contribution in [0.25, 0.3) is 50.0 Å². The molecule has 2 aromatic carbocycles. The maximum absolute atomic E-state index is 14.0. The van der Waals surface area contributed by atoms with Gasteiger partial charge in [0.2, 0.25) is 0 Å². The molecule has 6 rings (SSSR count). The summed E-state index contributed by atoms with van der Waals surface area (Å²) in [6.45, 7) is 4.20. The van der Waals surface area contributed by atoms with Crippen molar-refractivity contribution in [2.24, 2.45) is 0 Å². The van der Waals surface area contributed by atoms with E-state index >= 15 is 0 Å². The highest BCUT2D eigenvalue weighted by Gasteiger charge is 2.19. The number of aryl methyl sites for hydroxylation is 1. The van der Waals surface area contributed by atoms with Crippen LogP contribution in [0.1, 0.15) is 18.2 Å². The van der Waals surface area contributed by atoms with Gasteiger partial charge in [-0.05, 0) is 66.9 Å². The van der Waals surface area contributed by atoms with Gasteiger partial charge in [0, 0.05) is 42.5 Å². The Labute approximate surface area is 208 Å². The Balaban J connectivity index is 1.48. The molecule has 0 spiro atoms. The minimum absolute atomic E-state index is 0.235. The predicted molar refractivity (Wildman–Crippen MR) is 144 cm³/mol. The van der Waals surface area contributed by atoms with Crippen molar-refractivity contribution in [1.82, 2.24) is 30.4 Å². The quantitative estimate of drug-likeness (QED) is 0.296. The van der Waals surface area contributed by atoms with E-state index in [1.807, 2.05) is 44.6 Å². The highest BCUT2D eigenvalue weighted by molar-refractivity contribution is 6.01. The van der Waals surface area contributed by atoms with Gasteiger partial charge < -0.3 is 15.2 Å². The van der Waals surface area contributed by atoms with Gasteiger partial charge in [0.1, 0.15) is 17.0 Å². The van der Waals surface area contributed by atoms with Gasteiger partial charge in [-0.1, -0.05) is 24.3 Å². The molecular formula is C29H27FN6. The van der Waals surface area contributed by atoms with Crippen molar-refractivity contribution in [3.8, 4) is 22.5 Å². The maximum atomic E-state index is 14.0. The van der Waals surface area contributed by atoms with E-state index in [2.05, 4.69) is 57.5 Å². The number of pyridine rings is 1. The molecule has 6 nitrogen and oxygen atoms in total. The number of fused-ring (bicyclic) bond motifs is 2. The smallest absolute Gasteiger partial charge is 0.135 e. The molecule has 3 N–H and O–H groups in total. The number of nitrogens with one attached hydrogen (secondary N) is 3. The van der Waals surface area contributed by atoms with Crippen molar-refractivity contribution in [1.29, 1.82) is 0 Å². The number of H-pyrrole nitrogens is 2. The fourth-order valence-electron chi connectivity index (χ4n) is 4.93. The van der Waals surface area contributed by atoms with Gasteiger partial charge in [-0.2, -0.15) is 5.10 Å². The van der Waals surface area contributed by atoms with Crippen LogP contribution in [0.3, 0.4) is 0 Å². The van der Waals surface area contributed by atoms with E-state index in [-0.39, 0.29) is 11.9 Å². The summed E-state index contributed by atoms with van der Waals surface area (Å²) in [5.74, 6) is -0.251. The molecule has 1 aliphatic rings. The van der Waals surface area contributed by atoms with Crippen molar-refractivity contribution >= 4 is 27.5 Å². The fraction of sp³-hybridized carbons (Fsp3) is 0.172. The second kappa shape index (κ2) is 8.37. The lowest BCUT2D eigenvalue weighted by atomic mass is 9.99. The van der Waals surface area contributed by atoms with E-state index in [0.29, 0.717) is 0 Å². The molecule has 3 aromatic heterocycles. The Morgan fingerprint density at radius 1 is 1.03 bits per heavy atom. The molecule has 0 bridgehead atoms. The number of rotatable bonds is 4. The number of likely N-dealkylation sites (N-methyl/N-ethyl adjacent to an activating group) is 1. The molecule has 4 heterocycles. The molecule has 1 unspecified atom stereocenters. The van der Waals surface area contributed by atoms with E-state index in [9.17, 15) is 4.39 Å². The molecule has 0 radical (unpaired) electrons. The van der Waals surface area contributed by atoms with Gasteiger partial charge in [-0.3, -0.25) is 5.10 Å². The average Bonchev–Trinajstić information content (AvgIpc) is 3.49. The van der Waals surface area contributed by atoms with Gasteiger partial charge in [-0.15, -0.1) is 0 Å². The minimum Gasteiger partial charge on any atom is -0.382 e. The average molecular weight is 479 g/mol. The van der Waals surface area contributed by atoms with Crippen LogP contribution in [0.15, 0.2) is 72.6 Å². The van der Waals surface area contributed by atoms with Crippen LogP contribution in [-0.2, 0) is 0 Å². The predicted octanol–water partition coefficient (Wildman–Crippen LogP) is 6.00. The number of hydrogen-bond donors (Lipinski definition) is 3. The van der Waals surface area contributed by atoms with Crippen molar-refractivity contribution in [2.75, 3.05) is 14.1 Å². The summed E-state index contributed by atoms with van der Waals surface area (Å²) in [5, 5.41) is 12.2. The minimum atomic E-state index is -0.251. The van der Waals surface area contributed by atoms with Gasteiger partial charge in [0.05, 0.1) is 22.9 Å². The summed E-state index contributed by atoms with van der Waals surface area (Å²) < 4.78 is 14.0. The van der Waals surface area contributed by atoms with Gasteiger partial charge in [-0.25, -0.2) is 9.37 Å². The third-order valence-corrected chi connectivity index (χ3v) is 6.85. The number of aromatic amines is 2. The number of halogens is 1. The highest BCUT2D eigenvalue weighted by Crippen LogP contribution is 2.35. The summed E-state index contributed by atoms with van der Waals surface area (Å²) in [7, 11) is 4.10. The number of benzene rings is 2. The molecule has 1 atom stereocenters. The Morgan fingerprint density at radius 2 is 1.89 bits per heavy atom. The first-order valence-electron chi connectivity index (χ1n) is 12.0. The zero-order valence-corrected chi connectivity index (χ0v) is 20.6. The van der Waals surface area contributed by atoms with Crippen LogP contribution < -0.4 is 5.32 Å². The molecule has 1 aliphatic heterocycles. The molecular weight excluding hydrogens is 451 g/mol. The monoisotopic (exact) mass is 478 g/mol. The van der Waals surface area contributed by atoms with Crippen LogP contribution in [0, 0.1) is 12.7 Å². The molecule has 36 heavy (non-hydrogen) atoms.